The van der Waals surface area contributed by atoms with Gasteiger partial charge in [-0.05, 0) is 24.6 Å². The third-order valence-corrected chi connectivity index (χ3v) is 4.37. The molecule has 0 aliphatic rings. The van der Waals surface area contributed by atoms with Gasteiger partial charge in [0.25, 0.3) is 0 Å². The molecule has 0 saturated carbocycles. The lowest BCUT2D eigenvalue weighted by molar-refractivity contribution is 0.479. The average Bonchev–Trinajstić information content (AvgIpc) is 2.32. The first kappa shape index (κ1) is 14.0. The Morgan fingerprint density at radius 2 is 1.83 bits per heavy atom. The van der Waals surface area contributed by atoms with Gasteiger partial charge in [0.15, 0.2) is 0 Å². The van der Waals surface area contributed by atoms with Gasteiger partial charge in [-0.15, -0.1) is 0 Å². The Bertz CT molecular complexity index is 609. The van der Waals surface area contributed by atoms with Crippen molar-refractivity contribution in [3.05, 3.63) is 23.8 Å². The largest absolute Gasteiger partial charge is 0.398 e. The number of sulfonamides is 1. The van der Waals surface area contributed by atoms with Gasteiger partial charge >= 0.3 is 0 Å². The lowest BCUT2D eigenvalue weighted by Gasteiger charge is -2.17. The predicted octanol–water partition coefficient (Wildman–Crippen LogP) is 0.615. The molecule has 18 heavy (non-hydrogen) atoms. The first-order valence-electron chi connectivity index (χ1n) is 5.04. The molecule has 1 aromatic carbocycles. The highest BCUT2D eigenvalue weighted by Gasteiger charge is 2.26. The first-order valence-corrected chi connectivity index (χ1v) is 6.48. The van der Waals surface area contributed by atoms with Crippen LogP contribution in [-0.4, -0.2) is 25.8 Å². The van der Waals surface area contributed by atoms with Crippen LogP contribution in [0.1, 0.15) is 5.56 Å². The average molecular weight is 264 g/mol. The molecule has 94 valence electrons. The van der Waals surface area contributed by atoms with E-state index in [0.717, 1.165) is 4.31 Å². The first-order chi connectivity index (χ1) is 8.45. The zero-order valence-electron chi connectivity index (χ0n) is 9.79. The van der Waals surface area contributed by atoms with Crippen molar-refractivity contribution in [2.45, 2.75) is 11.8 Å². The van der Waals surface area contributed by atoms with E-state index in [-0.39, 0.29) is 18.0 Å². The van der Waals surface area contributed by atoms with E-state index >= 15 is 0 Å². The summed E-state index contributed by atoms with van der Waals surface area (Å²) in [6, 6.07) is 7.97. The van der Waals surface area contributed by atoms with E-state index in [4.69, 9.17) is 16.3 Å². The summed E-state index contributed by atoms with van der Waals surface area (Å²) in [4.78, 5) is 0.0213. The van der Waals surface area contributed by atoms with Gasteiger partial charge in [0.1, 0.15) is 13.1 Å². The molecule has 0 saturated heterocycles. The summed E-state index contributed by atoms with van der Waals surface area (Å²) in [6.07, 6.45) is 0. The van der Waals surface area contributed by atoms with Crippen LogP contribution in [0.3, 0.4) is 0 Å². The van der Waals surface area contributed by atoms with Gasteiger partial charge in [0.2, 0.25) is 10.0 Å². The fraction of sp³-hybridized carbons (Fsp3) is 0.273. The normalized spacial score (nSPS) is 10.9. The van der Waals surface area contributed by atoms with E-state index in [2.05, 4.69) is 0 Å². The number of nitriles is 2. The summed E-state index contributed by atoms with van der Waals surface area (Å²) in [5.41, 5.74) is 6.42. The van der Waals surface area contributed by atoms with Crippen LogP contribution in [0.2, 0.25) is 0 Å². The van der Waals surface area contributed by atoms with E-state index in [1.807, 2.05) is 0 Å². The molecule has 0 aliphatic carbocycles. The van der Waals surface area contributed by atoms with Crippen LogP contribution < -0.4 is 5.73 Å². The van der Waals surface area contributed by atoms with Crippen molar-refractivity contribution in [3.8, 4) is 12.1 Å². The van der Waals surface area contributed by atoms with Crippen molar-refractivity contribution in [1.29, 1.82) is 10.5 Å². The van der Waals surface area contributed by atoms with Gasteiger partial charge in [-0.25, -0.2) is 8.42 Å². The number of hydrogen-bond acceptors (Lipinski definition) is 5. The molecule has 7 heteroatoms. The van der Waals surface area contributed by atoms with E-state index in [1.54, 1.807) is 25.1 Å². The molecular formula is C11H12N4O2S. The standard InChI is InChI=1S/C11H12N4O2S/c1-9-10(14)3-2-4-11(9)18(16,17)15(7-5-12)8-6-13/h2-4H,7-8,14H2,1H3. The number of benzene rings is 1. The molecule has 0 aliphatic heterocycles. The lowest BCUT2D eigenvalue weighted by atomic mass is 10.2. The maximum atomic E-state index is 12.3. The molecule has 0 bridgehead atoms. The van der Waals surface area contributed by atoms with Crippen LogP contribution in [0.25, 0.3) is 0 Å². The Labute approximate surface area is 106 Å². The Morgan fingerprint density at radius 1 is 1.28 bits per heavy atom. The zero-order valence-corrected chi connectivity index (χ0v) is 10.6. The second-order valence-corrected chi connectivity index (χ2v) is 5.47. The highest BCUT2D eigenvalue weighted by Crippen LogP contribution is 2.23. The molecule has 0 heterocycles. The highest BCUT2D eigenvalue weighted by atomic mass is 32.2. The molecule has 2 N–H and O–H groups in total. The van der Waals surface area contributed by atoms with Gasteiger partial charge in [0, 0.05) is 5.69 Å². The van der Waals surface area contributed by atoms with Crippen LogP contribution in [0.5, 0.6) is 0 Å². The Hall–Kier alpha value is -2.09. The Morgan fingerprint density at radius 3 is 2.33 bits per heavy atom. The third-order valence-electron chi connectivity index (χ3n) is 2.44. The number of anilines is 1. The molecule has 0 unspecified atom stereocenters. The van der Waals surface area contributed by atoms with Crippen molar-refractivity contribution >= 4 is 15.7 Å². The fourth-order valence-corrected chi connectivity index (χ4v) is 2.92. The molecule has 0 fully saturated rings. The summed E-state index contributed by atoms with van der Waals surface area (Å²) in [5.74, 6) is 0. The number of hydrogen-bond donors (Lipinski definition) is 1. The van der Waals surface area contributed by atoms with Crippen molar-refractivity contribution in [2.75, 3.05) is 18.8 Å². The van der Waals surface area contributed by atoms with Gasteiger partial charge in [0.05, 0.1) is 17.0 Å². The molecule has 1 aromatic rings. The van der Waals surface area contributed by atoms with Gasteiger partial charge < -0.3 is 5.73 Å². The van der Waals surface area contributed by atoms with Crippen molar-refractivity contribution in [3.63, 3.8) is 0 Å². The topological polar surface area (TPSA) is 111 Å². The minimum Gasteiger partial charge on any atom is -0.398 e. The van der Waals surface area contributed by atoms with Crippen molar-refractivity contribution in [1.82, 2.24) is 4.31 Å². The minimum atomic E-state index is -3.87. The monoisotopic (exact) mass is 264 g/mol. The number of rotatable bonds is 4. The summed E-state index contributed by atoms with van der Waals surface area (Å²) in [6.45, 7) is 0.841. The van der Waals surface area contributed by atoms with Crippen LogP contribution in [0, 0.1) is 29.6 Å². The molecule has 0 spiro atoms. The lowest BCUT2D eigenvalue weighted by Crippen LogP contribution is -2.32. The SMILES string of the molecule is Cc1c(N)cccc1S(=O)(=O)N(CC#N)CC#N. The Balaban J connectivity index is 3.33. The quantitative estimate of drug-likeness (QED) is 0.632. The van der Waals surface area contributed by atoms with E-state index < -0.39 is 10.0 Å². The van der Waals surface area contributed by atoms with Crippen LogP contribution >= 0.6 is 0 Å². The van der Waals surface area contributed by atoms with Gasteiger partial charge in [-0.1, -0.05) is 6.07 Å². The molecule has 0 amide bonds. The fourth-order valence-electron chi connectivity index (χ4n) is 1.43. The maximum absolute atomic E-state index is 12.3. The third kappa shape index (κ3) is 2.59. The molecule has 1 rings (SSSR count). The summed E-state index contributed by atoms with van der Waals surface area (Å²) >= 11 is 0. The van der Waals surface area contributed by atoms with Gasteiger partial charge in [-0.2, -0.15) is 14.8 Å². The second kappa shape index (κ2) is 5.50. The molecule has 6 nitrogen and oxygen atoms in total. The second-order valence-electron chi connectivity index (χ2n) is 3.56. The number of nitrogens with zero attached hydrogens (tertiary/aromatic N) is 3. The summed E-state index contributed by atoms with van der Waals surface area (Å²) in [7, 11) is -3.87. The maximum Gasteiger partial charge on any atom is 0.245 e. The predicted molar refractivity (Wildman–Crippen MR) is 65.6 cm³/mol. The minimum absolute atomic E-state index is 0.0213. The van der Waals surface area contributed by atoms with Crippen molar-refractivity contribution < 1.29 is 8.42 Å². The van der Waals surface area contributed by atoms with Gasteiger partial charge in [-0.3, -0.25) is 0 Å². The highest BCUT2D eigenvalue weighted by molar-refractivity contribution is 7.89. The Kier molecular flexibility index (Phi) is 4.27. The van der Waals surface area contributed by atoms with E-state index in [0.29, 0.717) is 11.3 Å². The smallest absolute Gasteiger partial charge is 0.245 e. The molecular weight excluding hydrogens is 252 g/mol. The molecule has 0 aromatic heterocycles. The summed E-state index contributed by atoms with van der Waals surface area (Å²) in [5, 5.41) is 17.2. The molecule has 0 radical (unpaired) electrons. The van der Waals surface area contributed by atoms with E-state index in [9.17, 15) is 8.42 Å². The van der Waals surface area contributed by atoms with Crippen LogP contribution in [0.15, 0.2) is 23.1 Å². The zero-order chi connectivity index (χ0) is 13.8. The van der Waals surface area contributed by atoms with Crippen LogP contribution in [-0.2, 0) is 10.0 Å². The van der Waals surface area contributed by atoms with Crippen molar-refractivity contribution in [2.24, 2.45) is 0 Å². The number of nitrogen functional groups attached to an aromatic ring is 1. The summed E-state index contributed by atoms with van der Waals surface area (Å²) < 4.78 is 25.3. The van der Waals surface area contributed by atoms with Crippen LogP contribution in [0.4, 0.5) is 5.69 Å². The molecule has 0 atom stereocenters. The number of nitrogens with two attached hydrogens (primary N) is 1. The van der Waals surface area contributed by atoms with E-state index in [1.165, 1.54) is 12.1 Å².